The van der Waals surface area contributed by atoms with Gasteiger partial charge >= 0.3 is 0 Å². The highest BCUT2D eigenvalue weighted by atomic mass is 16.5. The molecule has 0 saturated heterocycles. The molecule has 0 saturated carbocycles. The number of nitrogens with two attached hydrogens (primary N) is 1. The molecule has 0 aliphatic heterocycles. The van der Waals surface area contributed by atoms with Crippen LogP contribution in [-0.4, -0.2) is 31.2 Å². The Morgan fingerprint density at radius 1 is 1.24 bits per heavy atom. The van der Waals surface area contributed by atoms with Gasteiger partial charge in [0, 0.05) is 12.1 Å². The highest BCUT2D eigenvalue weighted by Gasteiger charge is 2.23. The van der Waals surface area contributed by atoms with E-state index >= 15 is 0 Å². The molecule has 0 spiro atoms. The smallest absolute Gasteiger partial charge is 0.260 e. The molecule has 0 fully saturated rings. The minimum Gasteiger partial charge on any atom is -0.497 e. The van der Waals surface area contributed by atoms with Crippen molar-refractivity contribution in [1.29, 1.82) is 0 Å². The van der Waals surface area contributed by atoms with Crippen LogP contribution in [0.4, 0.5) is 0 Å². The van der Waals surface area contributed by atoms with E-state index in [1.54, 1.807) is 38.3 Å². The van der Waals surface area contributed by atoms with Crippen molar-refractivity contribution in [1.82, 2.24) is 5.32 Å². The number of carbonyl (C=O) groups excluding carboxylic acids is 1. The van der Waals surface area contributed by atoms with Gasteiger partial charge in [-0.3, -0.25) is 4.79 Å². The zero-order valence-corrected chi connectivity index (χ0v) is 13.3. The monoisotopic (exact) mass is 294 g/mol. The van der Waals surface area contributed by atoms with Crippen molar-refractivity contribution in [3.05, 3.63) is 24.3 Å². The molecule has 0 radical (unpaired) electrons. The van der Waals surface area contributed by atoms with Crippen LogP contribution in [-0.2, 0) is 4.79 Å². The van der Waals surface area contributed by atoms with E-state index in [4.69, 9.17) is 15.2 Å². The van der Waals surface area contributed by atoms with Crippen LogP contribution in [0.2, 0.25) is 0 Å². The van der Waals surface area contributed by atoms with Crippen molar-refractivity contribution in [2.24, 2.45) is 5.73 Å². The van der Waals surface area contributed by atoms with Gasteiger partial charge in [0.1, 0.15) is 11.5 Å². The average Bonchev–Trinajstić information content (AvgIpc) is 2.52. The Bertz CT molecular complexity index is 441. The minimum absolute atomic E-state index is 0.164. The summed E-state index contributed by atoms with van der Waals surface area (Å²) in [7, 11) is 1.60. The number of hydrogen-bond acceptors (Lipinski definition) is 4. The van der Waals surface area contributed by atoms with Gasteiger partial charge in [0.05, 0.1) is 7.11 Å². The maximum Gasteiger partial charge on any atom is 0.260 e. The minimum atomic E-state index is -0.573. The van der Waals surface area contributed by atoms with Crippen molar-refractivity contribution in [2.45, 2.75) is 45.3 Å². The number of amides is 1. The Morgan fingerprint density at radius 3 is 2.24 bits per heavy atom. The molecule has 1 amide bonds. The molecule has 1 aromatic carbocycles. The molecule has 0 bridgehead atoms. The number of benzene rings is 1. The Kier molecular flexibility index (Phi) is 6.49. The molecule has 1 aromatic rings. The van der Waals surface area contributed by atoms with Crippen molar-refractivity contribution in [3.8, 4) is 11.5 Å². The number of nitrogens with one attached hydrogen (secondary N) is 1. The highest BCUT2D eigenvalue weighted by Crippen LogP contribution is 2.18. The predicted molar refractivity (Wildman–Crippen MR) is 83.6 cm³/mol. The second-order valence-electron chi connectivity index (χ2n) is 5.22. The number of rotatable bonds is 8. The first-order valence-corrected chi connectivity index (χ1v) is 7.31. The summed E-state index contributed by atoms with van der Waals surface area (Å²) in [5.41, 5.74) is 5.81. The molecule has 3 N–H and O–H groups in total. The van der Waals surface area contributed by atoms with Crippen LogP contribution in [0, 0.1) is 0 Å². The molecule has 5 nitrogen and oxygen atoms in total. The van der Waals surface area contributed by atoms with Gasteiger partial charge in [0.2, 0.25) is 0 Å². The highest BCUT2D eigenvalue weighted by molar-refractivity contribution is 5.80. The first-order valence-electron chi connectivity index (χ1n) is 7.31. The Morgan fingerprint density at radius 2 is 1.76 bits per heavy atom. The zero-order chi connectivity index (χ0) is 15.9. The molecular formula is C16H26N2O3. The lowest BCUT2D eigenvalue weighted by Gasteiger charge is -2.27. The van der Waals surface area contributed by atoms with E-state index in [-0.39, 0.29) is 11.4 Å². The summed E-state index contributed by atoms with van der Waals surface area (Å²) in [6.45, 7) is 6.21. The van der Waals surface area contributed by atoms with Gasteiger partial charge in [-0.25, -0.2) is 0 Å². The molecule has 1 rings (SSSR count). The average molecular weight is 294 g/mol. The fraction of sp³-hybridized carbons (Fsp3) is 0.562. The van der Waals surface area contributed by atoms with Crippen molar-refractivity contribution in [3.63, 3.8) is 0 Å². The largest absolute Gasteiger partial charge is 0.497 e. The summed E-state index contributed by atoms with van der Waals surface area (Å²) >= 11 is 0. The van der Waals surface area contributed by atoms with Gasteiger partial charge in [0.25, 0.3) is 5.91 Å². The van der Waals surface area contributed by atoms with Crippen LogP contribution in [0.3, 0.4) is 0 Å². The lowest BCUT2D eigenvalue weighted by Crippen LogP contribution is -2.51. The van der Waals surface area contributed by atoms with E-state index in [1.807, 2.05) is 13.8 Å². The first kappa shape index (κ1) is 17.3. The van der Waals surface area contributed by atoms with Crippen molar-refractivity contribution >= 4 is 5.91 Å². The SMILES string of the molecule is CCC(N)(CC)CNC(=O)C(C)Oc1ccc(OC)cc1. The van der Waals surface area contributed by atoms with Crippen LogP contribution in [0.15, 0.2) is 24.3 Å². The Hall–Kier alpha value is -1.75. The van der Waals surface area contributed by atoms with E-state index < -0.39 is 6.10 Å². The lowest BCUT2D eigenvalue weighted by molar-refractivity contribution is -0.127. The molecule has 5 heteroatoms. The molecule has 0 aliphatic carbocycles. The Balaban J connectivity index is 2.50. The van der Waals surface area contributed by atoms with Gasteiger partial charge in [-0.05, 0) is 44.0 Å². The Labute approximate surface area is 126 Å². The number of methoxy groups -OCH3 is 1. The van der Waals surface area contributed by atoms with Gasteiger partial charge in [0.15, 0.2) is 6.10 Å². The molecule has 21 heavy (non-hydrogen) atoms. The second kappa shape index (κ2) is 7.88. The van der Waals surface area contributed by atoms with E-state index in [0.29, 0.717) is 12.3 Å². The molecule has 0 aliphatic rings. The third-order valence-electron chi connectivity index (χ3n) is 3.76. The predicted octanol–water partition coefficient (Wildman–Crippen LogP) is 2.10. The van der Waals surface area contributed by atoms with Crippen LogP contribution in [0.1, 0.15) is 33.6 Å². The molecule has 1 atom stereocenters. The van der Waals surface area contributed by atoms with Gasteiger partial charge < -0.3 is 20.5 Å². The van der Waals surface area contributed by atoms with E-state index in [1.165, 1.54) is 0 Å². The first-order chi connectivity index (χ1) is 9.94. The molecule has 0 aromatic heterocycles. The van der Waals surface area contributed by atoms with Crippen LogP contribution < -0.4 is 20.5 Å². The summed E-state index contributed by atoms with van der Waals surface area (Å²) in [5, 5.41) is 2.85. The maximum absolute atomic E-state index is 12.0. The zero-order valence-electron chi connectivity index (χ0n) is 13.3. The van der Waals surface area contributed by atoms with Gasteiger partial charge in [-0.1, -0.05) is 13.8 Å². The summed E-state index contributed by atoms with van der Waals surface area (Å²) in [5.74, 6) is 1.21. The lowest BCUT2D eigenvalue weighted by atomic mass is 9.94. The van der Waals surface area contributed by atoms with Crippen molar-refractivity contribution < 1.29 is 14.3 Å². The maximum atomic E-state index is 12.0. The normalized spacial score (nSPS) is 12.6. The van der Waals surface area contributed by atoms with Gasteiger partial charge in [-0.15, -0.1) is 0 Å². The third kappa shape index (κ3) is 5.27. The van der Waals surface area contributed by atoms with Crippen molar-refractivity contribution in [2.75, 3.05) is 13.7 Å². The number of ether oxygens (including phenoxy) is 2. The topological polar surface area (TPSA) is 73.6 Å². The summed E-state index contributed by atoms with van der Waals surface area (Å²) < 4.78 is 10.7. The van der Waals surface area contributed by atoms with Crippen LogP contribution in [0.25, 0.3) is 0 Å². The van der Waals surface area contributed by atoms with Gasteiger partial charge in [-0.2, -0.15) is 0 Å². The van der Waals surface area contributed by atoms with E-state index in [2.05, 4.69) is 5.32 Å². The molecule has 1 unspecified atom stereocenters. The molecule has 0 heterocycles. The van der Waals surface area contributed by atoms with E-state index in [0.717, 1.165) is 18.6 Å². The number of carbonyl (C=O) groups is 1. The third-order valence-corrected chi connectivity index (χ3v) is 3.76. The number of hydrogen-bond donors (Lipinski definition) is 2. The second-order valence-corrected chi connectivity index (χ2v) is 5.22. The fourth-order valence-electron chi connectivity index (χ4n) is 1.82. The quantitative estimate of drug-likeness (QED) is 0.770. The van der Waals surface area contributed by atoms with Crippen LogP contribution in [0.5, 0.6) is 11.5 Å². The summed E-state index contributed by atoms with van der Waals surface area (Å²) in [4.78, 5) is 12.0. The molecular weight excluding hydrogens is 268 g/mol. The standard InChI is InChI=1S/C16H26N2O3/c1-5-16(17,6-2)11-18-15(19)12(3)21-14-9-7-13(20-4)8-10-14/h7-10,12H,5-6,11,17H2,1-4H3,(H,18,19). The fourth-order valence-corrected chi connectivity index (χ4v) is 1.82. The van der Waals surface area contributed by atoms with Crippen LogP contribution >= 0.6 is 0 Å². The van der Waals surface area contributed by atoms with E-state index in [9.17, 15) is 4.79 Å². The summed E-state index contributed by atoms with van der Waals surface area (Å²) in [6, 6.07) is 7.12. The molecule has 118 valence electrons. The summed E-state index contributed by atoms with van der Waals surface area (Å²) in [6.07, 6.45) is 1.06.